The summed E-state index contributed by atoms with van der Waals surface area (Å²) < 4.78 is 5.14. The molecule has 0 aliphatic heterocycles. The predicted molar refractivity (Wildman–Crippen MR) is 73.8 cm³/mol. The molecular formula is C16H18O3. The van der Waals surface area contributed by atoms with E-state index >= 15 is 0 Å². The molecule has 1 rings (SSSR count). The molecule has 3 nitrogen and oxygen atoms in total. The van der Waals surface area contributed by atoms with Gasteiger partial charge in [0, 0.05) is 19.1 Å². The fraction of sp³-hybridized carbons (Fsp3) is 0.375. The Morgan fingerprint density at radius 3 is 2.37 bits per heavy atom. The second-order valence-electron chi connectivity index (χ2n) is 4.77. The first kappa shape index (κ1) is 15.1. The Kier molecular flexibility index (Phi) is 5.02. The van der Waals surface area contributed by atoms with Crippen LogP contribution in [0, 0.1) is 18.3 Å². The average molecular weight is 258 g/mol. The van der Waals surface area contributed by atoms with Crippen molar-refractivity contribution in [2.24, 2.45) is 5.92 Å². The highest BCUT2D eigenvalue weighted by molar-refractivity contribution is 6.13. The molecule has 0 aliphatic carbocycles. The summed E-state index contributed by atoms with van der Waals surface area (Å²) in [4.78, 5) is 24.7. The van der Waals surface area contributed by atoms with Gasteiger partial charge in [-0.1, -0.05) is 30.3 Å². The smallest absolute Gasteiger partial charge is 0.175 e. The Morgan fingerprint density at radius 2 is 1.89 bits per heavy atom. The van der Waals surface area contributed by atoms with Crippen LogP contribution in [0.5, 0.6) is 0 Å². The summed E-state index contributed by atoms with van der Waals surface area (Å²) in [7, 11) is 1.44. The molecule has 0 saturated heterocycles. The minimum Gasteiger partial charge on any atom is -0.371 e. The molecule has 0 aliphatic rings. The predicted octanol–water partition coefficient (Wildman–Crippen LogP) is 2.50. The minimum atomic E-state index is -1.02. The van der Waals surface area contributed by atoms with Gasteiger partial charge in [-0.15, -0.1) is 12.3 Å². The number of rotatable bonds is 6. The number of hydrogen-bond donors (Lipinski definition) is 0. The molecule has 0 radical (unpaired) electrons. The maximum atomic E-state index is 12.4. The van der Waals surface area contributed by atoms with Crippen LogP contribution in [-0.2, 0) is 9.53 Å². The van der Waals surface area contributed by atoms with Crippen LogP contribution in [0.2, 0.25) is 0 Å². The summed E-state index contributed by atoms with van der Waals surface area (Å²) in [6.45, 7) is 3.27. The second-order valence-corrected chi connectivity index (χ2v) is 4.77. The van der Waals surface area contributed by atoms with Crippen molar-refractivity contribution in [1.29, 1.82) is 0 Å². The van der Waals surface area contributed by atoms with E-state index in [1.54, 1.807) is 38.1 Å². The third kappa shape index (κ3) is 3.52. The van der Waals surface area contributed by atoms with Crippen molar-refractivity contribution in [2.45, 2.75) is 25.9 Å². The van der Waals surface area contributed by atoms with Crippen molar-refractivity contribution >= 4 is 11.6 Å². The molecule has 1 aromatic carbocycles. The lowest BCUT2D eigenvalue weighted by atomic mass is 9.84. The van der Waals surface area contributed by atoms with E-state index in [2.05, 4.69) is 5.92 Å². The zero-order valence-corrected chi connectivity index (χ0v) is 11.5. The first-order valence-corrected chi connectivity index (χ1v) is 6.06. The summed E-state index contributed by atoms with van der Waals surface area (Å²) in [5, 5.41) is 0. The van der Waals surface area contributed by atoms with E-state index in [4.69, 9.17) is 11.2 Å². The third-order valence-corrected chi connectivity index (χ3v) is 3.12. The Hall–Kier alpha value is -1.92. The number of carbonyl (C=O) groups is 2. The first-order valence-electron chi connectivity index (χ1n) is 6.06. The highest BCUT2D eigenvalue weighted by Gasteiger charge is 2.37. The molecular weight excluding hydrogens is 240 g/mol. The Morgan fingerprint density at radius 1 is 1.32 bits per heavy atom. The van der Waals surface area contributed by atoms with Crippen molar-refractivity contribution in [3.05, 3.63) is 35.9 Å². The van der Waals surface area contributed by atoms with Crippen LogP contribution in [0.3, 0.4) is 0 Å². The maximum Gasteiger partial charge on any atom is 0.175 e. The Bertz CT molecular complexity index is 494. The lowest BCUT2D eigenvalue weighted by molar-refractivity contribution is -0.139. The molecule has 1 aromatic rings. The normalized spacial score (nSPS) is 12.5. The average Bonchev–Trinajstić information content (AvgIpc) is 2.44. The molecule has 0 aromatic heterocycles. The van der Waals surface area contributed by atoms with E-state index in [-0.39, 0.29) is 18.0 Å². The van der Waals surface area contributed by atoms with Gasteiger partial charge in [-0.3, -0.25) is 9.59 Å². The number of benzene rings is 1. The zero-order chi connectivity index (χ0) is 14.5. The number of ketones is 2. The van der Waals surface area contributed by atoms with E-state index in [1.807, 2.05) is 6.07 Å². The molecule has 0 heterocycles. The van der Waals surface area contributed by atoms with Gasteiger partial charge in [0.15, 0.2) is 11.6 Å². The molecule has 0 spiro atoms. The number of carbonyl (C=O) groups excluding carboxylic acids is 2. The molecule has 1 atom stereocenters. The fourth-order valence-corrected chi connectivity index (χ4v) is 1.75. The lowest BCUT2D eigenvalue weighted by Crippen LogP contribution is -2.41. The summed E-state index contributed by atoms with van der Waals surface area (Å²) in [6, 6.07) is 8.68. The standard InChI is InChI=1S/C16H18O3/c1-5-9-13(15(18)16(2,3)19-4)14(17)12-10-7-6-8-11-12/h1,6-8,10-11,13H,9H2,2-4H3. The Labute approximate surface area is 114 Å². The van der Waals surface area contributed by atoms with Crippen LogP contribution in [0.15, 0.2) is 30.3 Å². The maximum absolute atomic E-state index is 12.4. The van der Waals surface area contributed by atoms with Crippen LogP contribution < -0.4 is 0 Å². The van der Waals surface area contributed by atoms with Crippen LogP contribution in [0.25, 0.3) is 0 Å². The number of hydrogen-bond acceptors (Lipinski definition) is 3. The summed E-state index contributed by atoms with van der Waals surface area (Å²) >= 11 is 0. The number of ether oxygens (including phenoxy) is 1. The highest BCUT2D eigenvalue weighted by atomic mass is 16.5. The van der Waals surface area contributed by atoms with Gasteiger partial charge in [-0.25, -0.2) is 0 Å². The van der Waals surface area contributed by atoms with Gasteiger partial charge >= 0.3 is 0 Å². The molecule has 3 heteroatoms. The second kappa shape index (κ2) is 6.31. The highest BCUT2D eigenvalue weighted by Crippen LogP contribution is 2.21. The quantitative estimate of drug-likeness (QED) is 0.447. The third-order valence-electron chi connectivity index (χ3n) is 3.12. The van der Waals surface area contributed by atoms with Gasteiger partial charge in [-0.05, 0) is 13.8 Å². The van der Waals surface area contributed by atoms with Gasteiger partial charge in [0.25, 0.3) is 0 Å². The molecule has 100 valence electrons. The van der Waals surface area contributed by atoms with Crippen molar-refractivity contribution in [3.8, 4) is 12.3 Å². The molecule has 1 unspecified atom stereocenters. The lowest BCUT2D eigenvalue weighted by Gasteiger charge is -2.25. The number of terminal acetylenes is 1. The van der Waals surface area contributed by atoms with Crippen molar-refractivity contribution in [3.63, 3.8) is 0 Å². The van der Waals surface area contributed by atoms with E-state index in [9.17, 15) is 9.59 Å². The molecule has 0 fully saturated rings. The fourth-order valence-electron chi connectivity index (χ4n) is 1.75. The number of methoxy groups -OCH3 is 1. The van der Waals surface area contributed by atoms with Crippen LogP contribution in [-0.4, -0.2) is 24.3 Å². The van der Waals surface area contributed by atoms with Gasteiger partial charge in [0.2, 0.25) is 0 Å². The van der Waals surface area contributed by atoms with Crippen molar-refractivity contribution in [1.82, 2.24) is 0 Å². The SMILES string of the molecule is C#CCC(C(=O)c1ccccc1)C(=O)C(C)(C)OC. The first-order chi connectivity index (χ1) is 8.94. The monoisotopic (exact) mass is 258 g/mol. The van der Waals surface area contributed by atoms with Gasteiger partial charge in [0.05, 0.1) is 5.92 Å². The van der Waals surface area contributed by atoms with E-state index in [0.29, 0.717) is 5.56 Å². The van der Waals surface area contributed by atoms with Gasteiger partial charge < -0.3 is 4.74 Å². The van der Waals surface area contributed by atoms with Gasteiger partial charge in [0.1, 0.15) is 5.60 Å². The summed E-state index contributed by atoms with van der Waals surface area (Å²) in [6.07, 6.45) is 5.36. The molecule has 19 heavy (non-hydrogen) atoms. The topological polar surface area (TPSA) is 43.4 Å². The van der Waals surface area contributed by atoms with Crippen molar-refractivity contribution < 1.29 is 14.3 Å². The van der Waals surface area contributed by atoms with Crippen LogP contribution >= 0.6 is 0 Å². The number of Topliss-reactive ketones (excluding diaryl/α,β-unsaturated/α-hetero) is 2. The van der Waals surface area contributed by atoms with Gasteiger partial charge in [-0.2, -0.15) is 0 Å². The molecule has 0 saturated carbocycles. The molecule has 0 N–H and O–H groups in total. The van der Waals surface area contributed by atoms with E-state index in [1.165, 1.54) is 7.11 Å². The minimum absolute atomic E-state index is 0.0827. The molecule has 0 amide bonds. The van der Waals surface area contributed by atoms with Crippen LogP contribution in [0.4, 0.5) is 0 Å². The zero-order valence-electron chi connectivity index (χ0n) is 11.5. The molecule has 0 bridgehead atoms. The van der Waals surface area contributed by atoms with Crippen LogP contribution in [0.1, 0.15) is 30.6 Å². The van der Waals surface area contributed by atoms with Crippen molar-refractivity contribution in [2.75, 3.05) is 7.11 Å². The largest absolute Gasteiger partial charge is 0.371 e. The van der Waals surface area contributed by atoms with E-state index < -0.39 is 11.5 Å². The van der Waals surface area contributed by atoms with E-state index in [0.717, 1.165) is 0 Å². The Balaban J connectivity index is 3.06. The summed E-state index contributed by atoms with van der Waals surface area (Å²) in [5.74, 6) is 0.994. The summed E-state index contributed by atoms with van der Waals surface area (Å²) in [5.41, 5.74) is -0.533.